The van der Waals surface area contributed by atoms with Gasteiger partial charge in [0.15, 0.2) is 0 Å². The molecule has 0 amide bonds. The third-order valence-electron chi connectivity index (χ3n) is 3.62. The minimum Gasteiger partial charge on any atom is -0.480 e. The van der Waals surface area contributed by atoms with Crippen LogP contribution in [-0.2, 0) is 0 Å². The van der Waals surface area contributed by atoms with Crippen molar-refractivity contribution < 1.29 is 9.47 Å². The van der Waals surface area contributed by atoms with Crippen molar-refractivity contribution in [1.29, 1.82) is 0 Å². The molecule has 18 heavy (non-hydrogen) atoms. The van der Waals surface area contributed by atoms with Crippen LogP contribution in [0.4, 0.5) is 0 Å². The SMILES string of the molecule is COc1cnc(C(N)C2CCCCC2)c(OC)n1. The Bertz CT molecular complexity index is 392. The maximum Gasteiger partial charge on any atom is 0.240 e. The van der Waals surface area contributed by atoms with E-state index >= 15 is 0 Å². The first-order valence-corrected chi connectivity index (χ1v) is 6.46. The van der Waals surface area contributed by atoms with Crippen molar-refractivity contribution in [2.45, 2.75) is 38.1 Å². The average Bonchev–Trinajstić information content (AvgIpc) is 2.46. The number of nitrogens with zero attached hydrogens (tertiary/aromatic N) is 2. The van der Waals surface area contributed by atoms with Crippen LogP contribution < -0.4 is 15.2 Å². The van der Waals surface area contributed by atoms with Crippen molar-refractivity contribution in [3.05, 3.63) is 11.9 Å². The zero-order chi connectivity index (χ0) is 13.0. The summed E-state index contributed by atoms with van der Waals surface area (Å²) in [5.74, 6) is 1.41. The molecule has 0 saturated heterocycles. The largest absolute Gasteiger partial charge is 0.480 e. The van der Waals surface area contributed by atoms with Crippen LogP contribution in [0.2, 0.25) is 0 Å². The Morgan fingerprint density at radius 2 is 1.94 bits per heavy atom. The summed E-state index contributed by atoms with van der Waals surface area (Å²) in [6, 6.07) is -0.0985. The second-order valence-corrected chi connectivity index (χ2v) is 4.73. The van der Waals surface area contributed by atoms with Gasteiger partial charge in [0.25, 0.3) is 0 Å². The van der Waals surface area contributed by atoms with Crippen molar-refractivity contribution in [3.8, 4) is 11.8 Å². The van der Waals surface area contributed by atoms with Gasteiger partial charge < -0.3 is 15.2 Å². The predicted molar refractivity (Wildman–Crippen MR) is 68.6 cm³/mol. The molecule has 1 aromatic heterocycles. The van der Waals surface area contributed by atoms with Crippen LogP contribution in [0.5, 0.6) is 11.8 Å². The van der Waals surface area contributed by atoms with E-state index in [1.54, 1.807) is 20.4 Å². The molecule has 0 radical (unpaired) electrons. The molecule has 0 spiro atoms. The summed E-state index contributed by atoms with van der Waals surface area (Å²) in [5, 5.41) is 0. The zero-order valence-corrected chi connectivity index (χ0v) is 11.1. The number of rotatable bonds is 4. The Labute approximate surface area is 108 Å². The minimum absolute atomic E-state index is 0.0985. The van der Waals surface area contributed by atoms with Gasteiger partial charge in [0, 0.05) is 0 Å². The van der Waals surface area contributed by atoms with Crippen molar-refractivity contribution in [2.75, 3.05) is 14.2 Å². The maximum atomic E-state index is 6.31. The Morgan fingerprint density at radius 3 is 2.56 bits per heavy atom. The van der Waals surface area contributed by atoms with Crippen LogP contribution in [0.3, 0.4) is 0 Å². The van der Waals surface area contributed by atoms with Crippen LogP contribution in [-0.4, -0.2) is 24.2 Å². The Hall–Kier alpha value is -1.36. The number of aromatic nitrogens is 2. The van der Waals surface area contributed by atoms with E-state index < -0.39 is 0 Å². The Balaban J connectivity index is 2.20. The standard InChI is InChI=1S/C13H21N3O2/c1-17-10-8-15-12(13(16-10)18-2)11(14)9-6-4-3-5-7-9/h8-9,11H,3-7,14H2,1-2H3. The van der Waals surface area contributed by atoms with Gasteiger partial charge in [-0.1, -0.05) is 19.3 Å². The van der Waals surface area contributed by atoms with E-state index in [9.17, 15) is 0 Å². The quantitative estimate of drug-likeness (QED) is 0.887. The van der Waals surface area contributed by atoms with Crippen molar-refractivity contribution >= 4 is 0 Å². The normalized spacial score (nSPS) is 18.4. The molecule has 0 aromatic carbocycles. The molecule has 1 saturated carbocycles. The lowest BCUT2D eigenvalue weighted by Crippen LogP contribution is -2.25. The van der Waals surface area contributed by atoms with E-state index in [2.05, 4.69) is 9.97 Å². The second-order valence-electron chi connectivity index (χ2n) is 4.73. The van der Waals surface area contributed by atoms with Gasteiger partial charge in [0.05, 0.1) is 26.5 Å². The predicted octanol–water partition coefficient (Wildman–Crippen LogP) is 2.07. The third-order valence-corrected chi connectivity index (χ3v) is 3.62. The van der Waals surface area contributed by atoms with E-state index in [0.717, 1.165) is 18.5 Å². The molecule has 100 valence electrons. The van der Waals surface area contributed by atoms with E-state index in [1.807, 2.05) is 0 Å². The molecule has 1 heterocycles. The van der Waals surface area contributed by atoms with Gasteiger partial charge in [-0.25, -0.2) is 4.98 Å². The van der Waals surface area contributed by atoms with Gasteiger partial charge in [-0.3, -0.25) is 0 Å². The Kier molecular flexibility index (Phi) is 4.36. The van der Waals surface area contributed by atoms with Crippen LogP contribution in [0.25, 0.3) is 0 Å². The van der Waals surface area contributed by atoms with E-state index in [4.69, 9.17) is 15.2 Å². The third kappa shape index (κ3) is 2.72. The molecule has 2 N–H and O–H groups in total. The first kappa shape index (κ1) is 13.1. The summed E-state index contributed by atoms with van der Waals surface area (Å²) in [6.45, 7) is 0. The molecule has 1 aromatic rings. The van der Waals surface area contributed by atoms with Crippen molar-refractivity contribution in [1.82, 2.24) is 9.97 Å². The average molecular weight is 251 g/mol. The van der Waals surface area contributed by atoms with Gasteiger partial charge in [-0.05, 0) is 18.8 Å². The molecule has 1 unspecified atom stereocenters. The molecule has 5 heteroatoms. The lowest BCUT2D eigenvalue weighted by Gasteiger charge is -2.27. The molecule has 0 aliphatic heterocycles. The molecule has 2 rings (SSSR count). The van der Waals surface area contributed by atoms with Crippen LogP contribution in [0, 0.1) is 5.92 Å². The van der Waals surface area contributed by atoms with Gasteiger partial charge >= 0.3 is 0 Å². The van der Waals surface area contributed by atoms with E-state index in [-0.39, 0.29) is 6.04 Å². The summed E-state index contributed by atoms with van der Waals surface area (Å²) in [5.41, 5.74) is 7.06. The molecule has 1 fully saturated rings. The molecular formula is C13H21N3O2. The molecule has 5 nitrogen and oxygen atoms in total. The maximum absolute atomic E-state index is 6.31. The summed E-state index contributed by atoms with van der Waals surface area (Å²) in [6.07, 6.45) is 7.75. The van der Waals surface area contributed by atoms with E-state index in [0.29, 0.717) is 17.7 Å². The number of hydrogen-bond acceptors (Lipinski definition) is 5. The van der Waals surface area contributed by atoms with Gasteiger partial charge in [-0.2, -0.15) is 4.98 Å². The van der Waals surface area contributed by atoms with E-state index in [1.165, 1.54) is 19.3 Å². The lowest BCUT2D eigenvalue weighted by atomic mass is 9.83. The Morgan fingerprint density at radius 1 is 1.22 bits per heavy atom. The number of ether oxygens (including phenoxy) is 2. The first-order valence-electron chi connectivity index (χ1n) is 6.46. The molecular weight excluding hydrogens is 230 g/mol. The molecule has 1 aliphatic rings. The highest BCUT2D eigenvalue weighted by atomic mass is 16.5. The van der Waals surface area contributed by atoms with Crippen LogP contribution in [0.1, 0.15) is 43.8 Å². The van der Waals surface area contributed by atoms with Crippen molar-refractivity contribution in [2.24, 2.45) is 11.7 Å². The summed E-state index contributed by atoms with van der Waals surface area (Å²) in [4.78, 5) is 8.60. The number of methoxy groups -OCH3 is 2. The fourth-order valence-corrected chi connectivity index (χ4v) is 2.56. The zero-order valence-electron chi connectivity index (χ0n) is 11.1. The topological polar surface area (TPSA) is 70.3 Å². The van der Waals surface area contributed by atoms with Gasteiger partial charge in [0.2, 0.25) is 11.8 Å². The summed E-state index contributed by atoms with van der Waals surface area (Å²) >= 11 is 0. The smallest absolute Gasteiger partial charge is 0.240 e. The second kappa shape index (κ2) is 6.00. The highest BCUT2D eigenvalue weighted by Crippen LogP contribution is 2.35. The molecule has 1 atom stereocenters. The minimum atomic E-state index is -0.0985. The van der Waals surface area contributed by atoms with Gasteiger partial charge in [0.1, 0.15) is 5.69 Å². The highest BCUT2D eigenvalue weighted by Gasteiger charge is 2.26. The van der Waals surface area contributed by atoms with Crippen LogP contribution in [0.15, 0.2) is 6.20 Å². The molecule has 1 aliphatic carbocycles. The fourth-order valence-electron chi connectivity index (χ4n) is 2.56. The van der Waals surface area contributed by atoms with Crippen LogP contribution >= 0.6 is 0 Å². The summed E-state index contributed by atoms with van der Waals surface area (Å²) in [7, 11) is 3.14. The number of nitrogens with two attached hydrogens (primary N) is 1. The monoisotopic (exact) mass is 251 g/mol. The van der Waals surface area contributed by atoms with Gasteiger partial charge in [-0.15, -0.1) is 0 Å². The summed E-state index contributed by atoms with van der Waals surface area (Å²) < 4.78 is 10.3. The number of hydrogen-bond donors (Lipinski definition) is 1. The first-order chi connectivity index (χ1) is 8.76. The molecule has 0 bridgehead atoms. The van der Waals surface area contributed by atoms with Crippen molar-refractivity contribution in [3.63, 3.8) is 0 Å². The fraction of sp³-hybridized carbons (Fsp3) is 0.692. The highest BCUT2D eigenvalue weighted by molar-refractivity contribution is 5.26. The lowest BCUT2D eigenvalue weighted by molar-refractivity contribution is 0.291.